The van der Waals surface area contributed by atoms with Crippen molar-refractivity contribution in [2.45, 2.75) is 37.6 Å². The Bertz CT molecular complexity index is 850. The molecule has 124 valence electrons. The van der Waals surface area contributed by atoms with Gasteiger partial charge in [-0.15, -0.1) is 0 Å². The lowest BCUT2D eigenvalue weighted by atomic mass is 9.51. The van der Waals surface area contributed by atoms with Crippen LogP contribution < -0.4 is 0 Å². The summed E-state index contributed by atoms with van der Waals surface area (Å²) < 4.78 is 12.0. The van der Waals surface area contributed by atoms with Crippen LogP contribution in [0.15, 0.2) is 24.5 Å². The first-order valence-corrected chi connectivity index (χ1v) is 8.20. The fourth-order valence-corrected chi connectivity index (χ4v) is 4.69. The van der Waals surface area contributed by atoms with Crippen LogP contribution in [0.25, 0.3) is 0 Å². The summed E-state index contributed by atoms with van der Waals surface area (Å²) in [5.74, 6) is -1.95. The second kappa shape index (κ2) is 5.02. The van der Waals surface area contributed by atoms with Crippen molar-refractivity contribution in [3.8, 4) is 18.2 Å². The maximum absolute atomic E-state index is 10.1. The molecule has 3 fully saturated rings. The molecular formula is C18H15N5O2. The lowest BCUT2D eigenvalue weighted by Gasteiger charge is -2.51. The molecule has 7 heteroatoms. The van der Waals surface area contributed by atoms with Crippen molar-refractivity contribution in [2.24, 2.45) is 16.7 Å². The number of hydrogen-bond donors (Lipinski definition) is 1. The summed E-state index contributed by atoms with van der Waals surface area (Å²) in [6, 6.07) is 9.63. The van der Waals surface area contributed by atoms with E-state index in [0.717, 1.165) is 12.8 Å². The van der Waals surface area contributed by atoms with Crippen LogP contribution in [-0.2, 0) is 9.47 Å². The molecule has 0 spiro atoms. The van der Waals surface area contributed by atoms with Crippen LogP contribution in [-0.4, -0.2) is 16.7 Å². The number of hydrogen-bond acceptors (Lipinski definition) is 7. The van der Waals surface area contributed by atoms with Crippen molar-refractivity contribution in [1.29, 1.82) is 21.2 Å². The lowest BCUT2D eigenvalue weighted by Crippen LogP contribution is -2.60. The molecule has 25 heavy (non-hydrogen) atoms. The van der Waals surface area contributed by atoms with Gasteiger partial charge in [-0.25, -0.2) is 0 Å². The van der Waals surface area contributed by atoms with Crippen molar-refractivity contribution in [3.05, 3.63) is 30.1 Å². The maximum atomic E-state index is 10.1. The average molecular weight is 333 g/mol. The first-order chi connectivity index (χ1) is 12.1. The van der Waals surface area contributed by atoms with E-state index in [1.807, 2.05) is 12.1 Å². The van der Waals surface area contributed by atoms with Gasteiger partial charge in [0.2, 0.25) is 17.1 Å². The second-order valence-electron chi connectivity index (χ2n) is 6.78. The topological polar surface area (TPSA) is 127 Å². The molecular weight excluding hydrogens is 318 g/mol. The Balaban J connectivity index is 2.01. The summed E-state index contributed by atoms with van der Waals surface area (Å²) in [4.78, 5) is 4.06. The zero-order chi connectivity index (χ0) is 17.7. The van der Waals surface area contributed by atoms with E-state index >= 15 is 0 Å². The molecule has 3 heterocycles. The van der Waals surface area contributed by atoms with Crippen LogP contribution in [0.3, 0.4) is 0 Å². The van der Waals surface area contributed by atoms with E-state index in [1.54, 1.807) is 18.3 Å². The van der Waals surface area contributed by atoms with Gasteiger partial charge in [0.1, 0.15) is 6.10 Å². The van der Waals surface area contributed by atoms with Gasteiger partial charge in [-0.3, -0.25) is 10.4 Å². The van der Waals surface area contributed by atoms with Gasteiger partial charge >= 0.3 is 0 Å². The third-order valence-electron chi connectivity index (χ3n) is 5.80. The van der Waals surface area contributed by atoms with Crippen molar-refractivity contribution in [3.63, 3.8) is 0 Å². The minimum absolute atomic E-state index is 0.323. The molecule has 0 unspecified atom stereocenters. The Morgan fingerprint density at radius 2 is 2.00 bits per heavy atom. The summed E-state index contributed by atoms with van der Waals surface area (Å²) in [6.07, 6.45) is 4.92. The third kappa shape index (κ3) is 1.60. The number of nitrogens with zero attached hydrogens (tertiary/aromatic N) is 4. The number of rotatable bonds is 1. The summed E-state index contributed by atoms with van der Waals surface area (Å²) >= 11 is 0. The zero-order valence-corrected chi connectivity index (χ0v) is 13.4. The molecule has 1 aromatic rings. The van der Waals surface area contributed by atoms with Crippen molar-refractivity contribution in [2.75, 3.05) is 0 Å². The minimum Gasteiger partial charge on any atom is -0.447 e. The van der Waals surface area contributed by atoms with E-state index in [9.17, 15) is 15.8 Å². The summed E-state index contributed by atoms with van der Waals surface area (Å²) in [5, 5.41) is 38.5. The highest BCUT2D eigenvalue weighted by atomic mass is 16.7. The minimum atomic E-state index is -1.87. The lowest BCUT2D eigenvalue weighted by molar-refractivity contribution is -0.294. The molecule has 2 bridgehead atoms. The molecule has 0 radical (unpaired) electrons. The van der Waals surface area contributed by atoms with Gasteiger partial charge in [0, 0.05) is 24.4 Å². The molecule has 3 aliphatic rings. The van der Waals surface area contributed by atoms with Gasteiger partial charge < -0.3 is 9.47 Å². The second-order valence-corrected chi connectivity index (χ2v) is 6.78. The van der Waals surface area contributed by atoms with Crippen LogP contribution in [0.2, 0.25) is 0 Å². The summed E-state index contributed by atoms with van der Waals surface area (Å²) in [6.45, 7) is 0. The normalized spacial score (nSPS) is 37.7. The first-order valence-electron chi connectivity index (χ1n) is 8.20. The van der Waals surface area contributed by atoms with Crippen LogP contribution in [0.4, 0.5) is 0 Å². The van der Waals surface area contributed by atoms with E-state index < -0.39 is 28.6 Å². The van der Waals surface area contributed by atoms with Crippen molar-refractivity contribution in [1.82, 2.24) is 4.98 Å². The molecule has 4 rings (SSSR count). The van der Waals surface area contributed by atoms with E-state index in [-0.39, 0.29) is 5.90 Å². The Kier molecular flexibility index (Phi) is 3.13. The average Bonchev–Trinajstić information content (AvgIpc) is 2.87. The van der Waals surface area contributed by atoms with E-state index in [2.05, 4.69) is 11.1 Å². The van der Waals surface area contributed by atoms with E-state index in [0.29, 0.717) is 18.4 Å². The number of ether oxygens (including phenoxy) is 2. The highest BCUT2D eigenvalue weighted by Gasteiger charge is 2.80. The predicted molar refractivity (Wildman–Crippen MR) is 83.3 cm³/mol. The summed E-state index contributed by atoms with van der Waals surface area (Å²) in [5.41, 5.74) is -2.98. The van der Waals surface area contributed by atoms with Crippen LogP contribution in [0.5, 0.6) is 0 Å². The fourth-order valence-electron chi connectivity index (χ4n) is 4.69. The van der Waals surface area contributed by atoms with Gasteiger partial charge in [-0.05, 0) is 18.9 Å². The van der Waals surface area contributed by atoms with E-state index in [1.165, 1.54) is 6.20 Å². The van der Waals surface area contributed by atoms with Gasteiger partial charge in [-0.2, -0.15) is 15.8 Å². The largest absolute Gasteiger partial charge is 0.447 e. The number of nitriles is 3. The van der Waals surface area contributed by atoms with E-state index in [4.69, 9.17) is 14.9 Å². The van der Waals surface area contributed by atoms with Gasteiger partial charge in [0.05, 0.1) is 24.1 Å². The Morgan fingerprint density at radius 3 is 2.64 bits per heavy atom. The highest BCUT2D eigenvalue weighted by Crippen LogP contribution is 2.69. The fraction of sp³-hybridized carbons (Fsp3) is 0.500. The summed E-state index contributed by atoms with van der Waals surface area (Å²) in [7, 11) is 0. The molecule has 7 nitrogen and oxygen atoms in total. The number of pyridine rings is 1. The van der Waals surface area contributed by atoms with Crippen LogP contribution >= 0.6 is 0 Å². The SMILES string of the molecule is N#CC1(C#N)[C@@H](c2cccnc2)O[C@@]23CCCC[C@@H]2[C@@]1(C#N)C(=N)O3. The Hall–Kier alpha value is -2.95. The Morgan fingerprint density at radius 1 is 1.20 bits per heavy atom. The molecule has 0 amide bonds. The molecule has 1 aromatic heterocycles. The standard InChI is InChI=1S/C18H15N5O2/c19-9-16(10-20)14(12-4-3-7-23-8-12)24-18-6-2-1-5-13(18)17(16,11-21)15(22)25-18/h3-4,7-8,13-14,22H,1-2,5-6H2/t13-,14-,17+,18-/m1/s1. The van der Waals surface area contributed by atoms with Gasteiger partial charge in [-0.1, -0.05) is 12.5 Å². The maximum Gasteiger partial charge on any atom is 0.217 e. The highest BCUT2D eigenvalue weighted by molar-refractivity contribution is 5.89. The van der Waals surface area contributed by atoms with Crippen molar-refractivity contribution < 1.29 is 9.47 Å². The third-order valence-corrected chi connectivity index (χ3v) is 5.80. The van der Waals surface area contributed by atoms with Gasteiger partial charge in [0.25, 0.3) is 0 Å². The Labute approximate surface area is 144 Å². The number of aromatic nitrogens is 1. The molecule has 2 saturated heterocycles. The monoisotopic (exact) mass is 333 g/mol. The molecule has 1 N–H and O–H groups in total. The smallest absolute Gasteiger partial charge is 0.217 e. The van der Waals surface area contributed by atoms with Gasteiger partial charge in [0.15, 0.2) is 5.41 Å². The van der Waals surface area contributed by atoms with Crippen LogP contribution in [0.1, 0.15) is 37.4 Å². The van der Waals surface area contributed by atoms with Crippen LogP contribution in [0, 0.1) is 56.2 Å². The quantitative estimate of drug-likeness (QED) is 0.841. The molecule has 2 aliphatic heterocycles. The zero-order valence-electron chi connectivity index (χ0n) is 13.4. The molecule has 1 saturated carbocycles. The molecule has 0 aromatic carbocycles. The molecule has 1 aliphatic carbocycles. The van der Waals surface area contributed by atoms with Crippen molar-refractivity contribution >= 4 is 5.90 Å². The predicted octanol–water partition coefficient (Wildman–Crippen LogP) is 2.59. The first kappa shape index (κ1) is 15.6. The number of nitrogens with one attached hydrogen (secondary N) is 1. The molecule has 4 atom stereocenters.